The highest BCUT2D eigenvalue weighted by Crippen LogP contribution is 2.18. The van der Waals surface area contributed by atoms with Gasteiger partial charge >= 0.3 is 5.97 Å². The first-order chi connectivity index (χ1) is 8.86. The van der Waals surface area contributed by atoms with Crippen LogP contribution in [0.15, 0.2) is 22.7 Å². The largest absolute Gasteiger partial charge is 0.480 e. The number of amides is 1. The number of hydrogen-bond donors (Lipinski definition) is 1. The Labute approximate surface area is 119 Å². The van der Waals surface area contributed by atoms with E-state index in [1.54, 1.807) is 13.0 Å². The topological polar surface area (TPSA) is 57.6 Å². The number of carbonyl (C=O) groups is 2. The lowest BCUT2D eigenvalue weighted by atomic mass is 10.1. The molecule has 0 fully saturated rings. The molecule has 1 unspecified atom stereocenters. The molecule has 1 rings (SSSR count). The zero-order valence-electron chi connectivity index (χ0n) is 10.7. The maximum Gasteiger partial charge on any atom is 0.323 e. The van der Waals surface area contributed by atoms with Crippen molar-refractivity contribution in [1.29, 1.82) is 0 Å². The van der Waals surface area contributed by atoms with Gasteiger partial charge in [0.2, 0.25) is 0 Å². The number of aliphatic carboxylic acids is 1. The van der Waals surface area contributed by atoms with Crippen molar-refractivity contribution >= 4 is 27.8 Å². The van der Waals surface area contributed by atoms with Gasteiger partial charge in [0, 0.05) is 10.5 Å². The third kappa shape index (κ3) is 4.02. The molecule has 0 heterocycles. The van der Waals surface area contributed by atoms with Crippen LogP contribution in [0.4, 0.5) is 4.39 Å². The zero-order valence-corrected chi connectivity index (χ0v) is 12.3. The van der Waals surface area contributed by atoms with E-state index in [0.717, 1.165) is 4.90 Å². The SMILES string of the molecule is CCC(C)N(CC(=O)O)C(=O)c1ccc(Br)cc1F. The van der Waals surface area contributed by atoms with Crippen molar-refractivity contribution in [3.05, 3.63) is 34.1 Å². The molecule has 0 saturated carbocycles. The second kappa shape index (κ2) is 6.65. The molecular weight excluding hydrogens is 317 g/mol. The summed E-state index contributed by atoms with van der Waals surface area (Å²) in [5.74, 6) is -2.40. The summed E-state index contributed by atoms with van der Waals surface area (Å²) in [4.78, 5) is 24.2. The first-order valence-corrected chi connectivity index (χ1v) is 6.64. The minimum absolute atomic E-state index is 0.121. The number of carboxylic acids is 1. The van der Waals surface area contributed by atoms with Crippen molar-refractivity contribution in [2.24, 2.45) is 0 Å². The molecule has 1 aromatic carbocycles. The standard InChI is InChI=1S/C13H15BrFNO3/c1-3-8(2)16(7-12(17)18)13(19)10-5-4-9(14)6-11(10)15/h4-6,8H,3,7H2,1-2H3,(H,17,18). The van der Waals surface area contributed by atoms with Crippen LogP contribution in [0.1, 0.15) is 30.6 Å². The van der Waals surface area contributed by atoms with E-state index in [0.29, 0.717) is 10.9 Å². The smallest absolute Gasteiger partial charge is 0.323 e. The molecule has 19 heavy (non-hydrogen) atoms. The molecule has 0 spiro atoms. The molecule has 1 atom stereocenters. The monoisotopic (exact) mass is 331 g/mol. The first-order valence-electron chi connectivity index (χ1n) is 5.84. The number of carboxylic acid groups (broad SMARTS) is 1. The Morgan fingerprint density at radius 3 is 2.58 bits per heavy atom. The lowest BCUT2D eigenvalue weighted by molar-refractivity contribution is -0.138. The van der Waals surface area contributed by atoms with Crippen LogP contribution in [0, 0.1) is 5.82 Å². The van der Waals surface area contributed by atoms with Crippen molar-refractivity contribution in [3.8, 4) is 0 Å². The quantitative estimate of drug-likeness (QED) is 0.902. The van der Waals surface area contributed by atoms with E-state index in [-0.39, 0.29) is 11.6 Å². The molecule has 0 bridgehead atoms. The lowest BCUT2D eigenvalue weighted by Crippen LogP contribution is -2.42. The fourth-order valence-corrected chi connectivity index (χ4v) is 1.94. The molecule has 0 aliphatic heterocycles. The Morgan fingerprint density at radius 2 is 2.11 bits per heavy atom. The zero-order chi connectivity index (χ0) is 14.6. The molecule has 0 saturated heterocycles. The number of halogens is 2. The second-order valence-corrected chi connectivity index (χ2v) is 5.12. The molecule has 104 valence electrons. The Bertz CT molecular complexity index is 493. The fraction of sp³-hybridized carbons (Fsp3) is 0.385. The van der Waals surface area contributed by atoms with Crippen molar-refractivity contribution in [1.82, 2.24) is 4.90 Å². The van der Waals surface area contributed by atoms with Crippen LogP contribution in [0.5, 0.6) is 0 Å². The van der Waals surface area contributed by atoms with Gasteiger partial charge in [-0.3, -0.25) is 9.59 Å². The van der Waals surface area contributed by atoms with Gasteiger partial charge in [-0.15, -0.1) is 0 Å². The highest BCUT2D eigenvalue weighted by molar-refractivity contribution is 9.10. The number of benzene rings is 1. The van der Waals surface area contributed by atoms with Crippen molar-refractivity contribution in [2.45, 2.75) is 26.3 Å². The maximum absolute atomic E-state index is 13.7. The fourth-order valence-electron chi connectivity index (χ4n) is 1.61. The van der Waals surface area contributed by atoms with Gasteiger partial charge in [-0.05, 0) is 31.5 Å². The molecule has 4 nitrogen and oxygen atoms in total. The summed E-state index contributed by atoms with van der Waals surface area (Å²) >= 11 is 3.11. The van der Waals surface area contributed by atoms with Crippen molar-refractivity contribution in [3.63, 3.8) is 0 Å². The Morgan fingerprint density at radius 1 is 1.47 bits per heavy atom. The van der Waals surface area contributed by atoms with Crippen LogP contribution < -0.4 is 0 Å². The summed E-state index contributed by atoms with van der Waals surface area (Å²) < 4.78 is 14.3. The molecular formula is C13H15BrFNO3. The number of hydrogen-bond acceptors (Lipinski definition) is 2. The third-order valence-electron chi connectivity index (χ3n) is 2.85. The minimum atomic E-state index is -1.12. The summed E-state index contributed by atoms with van der Waals surface area (Å²) in [6, 6.07) is 3.81. The molecule has 0 radical (unpaired) electrons. The van der Waals surface area contributed by atoms with Crippen LogP contribution in [0.2, 0.25) is 0 Å². The van der Waals surface area contributed by atoms with Gasteiger partial charge in [-0.1, -0.05) is 22.9 Å². The normalized spacial score (nSPS) is 12.0. The van der Waals surface area contributed by atoms with Crippen LogP contribution in [0.25, 0.3) is 0 Å². The van der Waals surface area contributed by atoms with E-state index < -0.39 is 24.2 Å². The van der Waals surface area contributed by atoms with Gasteiger partial charge in [-0.25, -0.2) is 4.39 Å². The van der Waals surface area contributed by atoms with E-state index in [4.69, 9.17) is 5.11 Å². The minimum Gasteiger partial charge on any atom is -0.480 e. The Kier molecular flexibility index (Phi) is 5.47. The van der Waals surface area contributed by atoms with Gasteiger partial charge in [-0.2, -0.15) is 0 Å². The number of nitrogens with zero attached hydrogens (tertiary/aromatic N) is 1. The van der Waals surface area contributed by atoms with Crippen LogP contribution in [-0.4, -0.2) is 34.5 Å². The van der Waals surface area contributed by atoms with Crippen molar-refractivity contribution < 1.29 is 19.1 Å². The van der Waals surface area contributed by atoms with Crippen molar-refractivity contribution in [2.75, 3.05) is 6.54 Å². The van der Waals surface area contributed by atoms with Crippen LogP contribution in [0.3, 0.4) is 0 Å². The van der Waals surface area contributed by atoms with E-state index in [1.165, 1.54) is 12.1 Å². The van der Waals surface area contributed by atoms with Gasteiger partial charge < -0.3 is 10.0 Å². The van der Waals surface area contributed by atoms with E-state index in [1.807, 2.05) is 6.92 Å². The van der Waals surface area contributed by atoms with E-state index in [9.17, 15) is 14.0 Å². The van der Waals surface area contributed by atoms with Gasteiger partial charge in [0.05, 0.1) is 5.56 Å². The predicted octanol–water partition coefficient (Wildman–Crippen LogP) is 2.91. The molecule has 0 aliphatic carbocycles. The van der Waals surface area contributed by atoms with Gasteiger partial charge in [0.25, 0.3) is 5.91 Å². The summed E-state index contributed by atoms with van der Waals surface area (Å²) in [7, 11) is 0. The van der Waals surface area contributed by atoms with Gasteiger partial charge in [0.1, 0.15) is 12.4 Å². The average molecular weight is 332 g/mol. The van der Waals surface area contributed by atoms with E-state index >= 15 is 0 Å². The average Bonchev–Trinajstić information content (AvgIpc) is 2.34. The molecule has 1 amide bonds. The predicted molar refractivity (Wildman–Crippen MR) is 72.5 cm³/mol. The third-order valence-corrected chi connectivity index (χ3v) is 3.34. The van der Waals surface area contributed by atoms with E-state index in [2.05, 4.69) is 15.9 Å². The molecule has 1 aromatic rings. The first kappa shape index (κ1) is 15.6. The summed E-state index contributed by atoms with van der Waals surface area (Å²) in [5.41, 5.74) is -0.121. The molecule has 6 heteroatoms. The molecule has 1 N–H and O–H groups in total. The van der Waals surface area contributed by atoms with Crippen LogP contribution in [-0.2, 0) is 4.79 Å². The summed E-state index contributed by atoms with van der Waals surface area (Å²) in [5, 5.41) is 8.84. The molecule has 0 aromatic heterocycles. The number of carbonyl (C=O) groups excluding carboxylic acids is 1. The highest BCUT2D eigenvalue weighted by Gasteiger charge is 2.25. The number of rotatable bonds is 5. The second-order valence-electron chi connectivity index (χ2n) is 4.21. The Hall–Kier alpha value is -1.43. The summed E-state index contributed by atoms with van der Waals surface area (Å²) in [6.07, 6.45) is 0.594. The maximum atomic E-state index is 13.7. The highest BCUT2D eigenvalue weighted by atomic mass is 79.9. The lowest BCUT2D eigenvalue weighted by Gasteiger charge is -2.27. The molecule has 0 aliphatic rings. The van der Waals surface area contributed by atoms with Crippen LogP contribution >= 0.6 is 15.9 Å². The van der Waals surface area contributed by atoms with Gasteiger partial charge in [0.15, 0.2) is 0 Å². The summed E-state index contributed by atoms with van der Waals surface area (Å²) in [6.45, 7) is 3.13. The Balaban J connectivity index is 3.08.